The molecule has 0 spiro atoms. The van der Waals surface area contributed by atoms with Gasteiger partial charge in [-0.05, 0) is 28.9 Å². The zero-order valence-corrected chi connectivity index (χ0v) is 12.8. The number of aromatic nitrogens is 2. The Morgan fingerprint density at radius 3 is 2.95 bits per heavy atom. The Hall–Kier alpha value is -2.21. The van der Waals surface area contributed by atoms with Crippen molar-refractivity contribution in [1.29, 1.82) is 0 Å². The van der Waals surface area contributed by atoms with Crippen molar-refractivity contribution in [2.45, 2.75) is 13.5 Å². The summed E-state index contributed by atoms with van der Waals surface area (Å²) in [6.07, 6.45) is 2.87. The van der Waals surface area contributed by atoms with Crippen LogP contribution in [0.3, 0.4) is 0 Å². The SMILES string of the molecule is Cc1ncc(Br)c(=O)n1CC(=O)c1coc2ccccc12. The van der Waals surface area contributed by atoms with Crippen LogP contribution in [-0.4, -0.2) is 15.3 Å². The van der Waals surface area contributed by atoms with Gasteiger partial charge >= 0.3 is 0 Å². The minimum atomic E-state index is -0.274. The number of benzene rings is 1. The molecule has 0 saturated carbocycles. The van der Waals surface area contributed by atoms with Gasteiger partial charge in [0.2, 0.25) is 0 Å². The maximum atomic E-state index is 12.4. The normalized spacial score (nSPS) is 11.0. The first-order valence-electron chi connectivity index (χ1n) is 6.29. The average Bonchev–Trinajstić information content (AvgIpc) is 2.91. The first-order valence-corrected chi connectivity index (χ1v) is 7.08. The number of aryl methyl sites for hydroxylation is 1. The van der Waals surface area contributed by atoms with Gasteiger partial charge in [0.15, 0.2) is 5.78 Å². The number of carbonyl (C=O) groups excluding carboxylic acids is 1. The summed E-state index contributed by atoms with van der Waals surface area (Å²) in [6.45, 7) is 1.62. The summed E-state index contributed by atoms with van der Waals surface area (Å²) in [6, 6.07) is 7.30. The second-order valence-electron chi connectivity index (χ2n) is 4.61. The Morgan fingerprint density at radius 2 is 2.14 bits per heavy atom. The molecule has 0 N–H and O–H groups in total. The van der Waals surface area contributed by atoms with Gasteiger partial charge in [-0.1, -0.05) is 18.2 Å². The number of carbonyl (C=O) groups is 1. The molecule has 0 saturated heterocycles. The van der Waals surface area contributed by atoms with Crippen molar-refractivity contribution in [3.05, 3.63) is 62.9 Å². The van der Waals surface area contributed by atoms with Crippen LogP contribution in [0, 0.1) is 6.92 Å². The molecule has 3 rings (SSSR count). The summed E-state index contributed by atoms with van der Waals surface area (Å²) in [5, 5.41) is 0.746. The molecule has 6 heteroatoms. The summed E-state index contributed by atoms with van der Waals surface area (Å²) < 4.78 is 7.03. The maximum absolute atomic E-state index is 12.4. The van der Waals surface area contributed by atoms with Crippen LogP contribution in [0.25, 0.3) is 11.0 Å². The lowest BCUT2D eigenvalue weighted by Gasteiger charge is -2.07. The predicted molar refractivity (Wildman–Crippen MR) is 81.5 cm³/mol. The lowest BCUT2D eigenvalue weighted by molar-refractivity contribution is 0.0970. The number of furan rings is 1. The van der Waals surface area contributed by atoms with Crippen LogP contribution < -0.4 is 5.56 Å². The molecule has 3 aromatic rings. The largest absolute Gasteiger partial charge is 0.464 e. The Morgan fingerprint density at radius 1 is 1.38 bits per heavy atom. The van der Waals surface area contributed by atoms with Gasteiger partial charge in [-0.25, -0.2) is 4.98 Å². The molecule has 5 nitrogen and oxygen atoms in total. The fourth-order valence-electron chi connectivity index (χ4n) is 2.16. The van der Waals surface area contributed by atoms with E-state index in [0.29, 0.717) is 21.4 Å². The Balaban J connectivity index is 2.01. The van der Waals surface area contributed by atoms with Crippen molar-refractivity contribution in [2.24, 2.45) is 0 Å². The zero-order chi connectivity index (χ0) is 15.0. The van der Waals surface area contributed by atoms with Gasteiger partial charge in [0, 0.05) is 11.6 Å². The molecule has 21 heavy (non-hydrogen) atoms. The van der Waals surface area contributed by atoms with Crippen LogP contribution >= 0.6 is 15.9 Å². The number of hydrogen-bond acceptors (Lipinski definition) is 4. The van der Waals surface area contributed by atoms with Crippen LogP contribution in [0.2, 0.25) is 0 Å². The summed E-state index contributed by atoms with van der Waals surface area (Å²) in [7, 11) is 0. The van der Waals surface area contributed by atoms with Crippen LogP contribution in [-0.2, 0) is 6.54 Å². The maximum Gasteiger partial charge on any atom is 0.268 e. The molecule has 0 aliphatic heterocycles. The molecule has 0 aliphatic carbocycles. The summed E-state index contributed by atoms with van der Waals surface area (Å²) in [5.41, 5.74) is 0.845. The molecule has 2 aromatic heterocycles. The molecular formula is C15H11BrN2O3. The number of rotatable bonds is 3. The average molecular weight is 347 g/mol. The van der Waals surface area contributed by atoms with E-state index in [2.05, 4.69) is 20.9 Å². The second kappa shape index (κ2) is 5.29. The van der Waals surface area contributed by atoms with Crippen LogP contribution in [0.4, 0.5) is 0 Å². The molecule has 2 heterocycles. The van der Waals surface area contributed by atoms with Crippen molar-refractivity contribution < 1.29 is 9.21 Å². The number of nitrogens with zero attached hydrogens (tertiary/aromatic N) is 2. The van der Waals surface area contributed by atoms with E-state index in [-0.39, 0.29) is 17.9 Å². The molecule has 1 aromatic carbocycles. The highest BCUT2D eigenvalue weighted by molar-refractivity contribution is 9.10. The van der Waals surface area contributed by atoms with Crippen LogP contribution in [0.5, 0.6) is 0 Å². The van der Waals surface area contributed by atoms with Gasteiger partial charge < -0.3 is 4.42 Å². The van der Waals surface area contributed by atoms with Crippen molar-refractivity contribution in [3.63, 3.8) is 0 Å². The van der Waals surface area contributed by atoms with E-state index in [9.17, 15) is 9.59 Å². The molecular weight excluding hydrogens is 336 g/mol. The minimum absolute atomic E-state index is 0.0688. The first kappa shape index (κ1) is 13.8. The third kappa shape index (κ3) is 2.42. The molecule has 0 aliphatic rings. The fraction of sp³-hybridized carbons (Fsp3) is 0.133. The highest BCUT2D eigenvalue weighted by atomic mass is 79.9. The lowest BCUT2D eigenvalue weighted by atomic mass is 10.1. The highest BCUT2D eigenvalue weighted by Gasteiger charge is 2.16. The number of para-hydroxylation sites is 1. The summed E-state index contributed by atoms with van der Waals surface area (Å²) in [4.78, 5) is 28.6. The third-order valence-electron chi connectivity index (χ3n) is 3.29. The second-order valence-corrected chi connectivity index (χ2v) is 5.47. The van der Waals surface area contributed by atoms with Crippen LogP contribution in [0.1, 0.15) is 16.2 Å². The van der Waals surface area contributed by atoms with Crippen molar-refractivity contribution in [1.82, 2.24) is 9.55 Å². The Kier molecular flexibility index (Phi) is 3.47. The summed E-state index contributed by atoms with van der Waals surface area (Å²) >= 11 is 3.13. The molecule has 106 valence electrons. The monoisotopic (exact) mass is 346 g/mol. The number of ketones is 1. The topological polar surface area (TPSA) is 65.1 Å². The van der Waals surface area contributed by atoms with E-state index in [1.165, 1.54) is 17.0 Å². The minimum Gasteiger partial charge on any atom is -0.464 e. The molecule has 0 fully saturated rings. The number of halogens is 1. The van der Waals surface area contributed by atoms with E-state index in [1.807, 2.05) is 18.2 Å². The standard InChI is InChI=1S/C15H11BrN2O3/c1-9-17-6-12(16)15(20)18(9)7-13(19)11-8-21-14-5-3-2-4-10(11)14/h2-6,8H,7H2,1H3. The molecule has 0 atom stereocenters. The Bertz CT molecular complexity index is 895. The van der Waals surface area contributed by atoms with E-state index in [0.717, 1.165) is 5.39 Å². The summed E-state index contributed by atoms with van der Waals surface area (Å²) in [5.74, 6) is 0.300. The van der Waals surface area contributed by atoms with Crippen molar-refractivity contribution in [2.75, 3.05) is 0 Å². The van der Waals surface area contributed by atoms with Gasteiger partial charge in [-0.3, -0.25) is 14.2 Å². The lowest BCUT2D eigenvalue weighted by Crippen LogP contribution is -2.27. The molecule has 0 amide bonds. The molecule has 0 bridgehead atoms. The van der Waals surface area contributed by atoms with Gasteiger partial charge in [-0.15, -0.1) is 0 Å². The smallest absolute Gasteiger partial charge is 0.268 e. The first-order chi connectivity index (χ1) is 10.1. The Labute approximate surface area is 128 Å². The predicted octanol–water partition coefficient (Wildman–Crippen LogP) is 2.94. The number of fused-ring (bicyclic) bond motifs is 1. The third-order valence-corrected chi connectivity index (χ3v) is 3.83. The van der Waals surface area contributed by atoms with E-state index in [4.69, 9.17) is 4.42 Å². The fourth-order valence-corrected chi connectivity index (χ4v) is 2.48. The number of Topliss-reactive ketones (excluding diaryl/α,β-unsaturated/α-hetero) is 1. The van der Waals surface area contributed by atoms with E-state index in [1.54, 1.807) is 13.0 Å². The van der Waals surface area contributed by atoms with Gasteiger partial charge in [0.1, 0.15) is 22.1 Å². The zero-order valence-electron chi connectivity index (χ0n) is 11.2. The molecule has 0 radical (unpaired) electrons. The highest BCUT2D eigenvalue weighted by Crippen LogP contribution is 2.21. The van der Waals surface area contributed by atoms with Gasteiger partial charge in [-0.2, -0.15) is 0 Å². The van der Waals surface area contributed by atoms with Gasteiger partial charge in [0.05, 0.1) is 12.1 Å². The van der Waals surface area contributed by atoms with Crippen molar-refractivity contribution >= 4 is 32.7 Å². The van der Waals surface area contributed by atoms with Gasteiger partial charge in [0.25, 0.3) is 5.56 Å². The molecule has 0 unspecified atom stereocenters. The number of hydrogen-bond donors (Lipinski definition) is 0. The quantitative estimate of drug-likeness (QED) is 0.684. The van der Waals surface area contributed by atoms with E-state index >= 15 is 0 Å². The van der Waals surface area contributed by atoms with Crippen molar-refractivity contribution in [3.8, 4) is 0 Å². The van der Waals surface area contributed by atoms with E-state index < -0.39 is 0 Å². The van der Waals surface area contributed by atoms with Crippen LogP contribution in [0.15, 0.2) is 50.4 Å².